The van der Waals surface area contributed by atoms with E-state index in [1.807, 2.05) is 11.8 Å². The van der Waals surface area contributed by atoms with Crippen LogP contribution < -0.4 is 10.5 Å². The molecular weight excluding hydrogens is 290 g/mol. The third kappa shape index (κ3) is 5.13. The summed E-state index contributed by atoms with van der Waals surface area (Å²) in [4.78, 5) is 4.16. The van der Waals surface area contributed by atoms with Gasteiger partial charge in [0.25, 0.3) is 0 Å². The van der Waals surface area contributed by atoms with Crippen molar-refractivity contribution in [2.75, 3.05) is 23.9 Å². The fraction of sp³-hybridized carbons (Fsp3) is 0.700. The molecule has 0 aromatic carbocycles. The molecule has 0 saturated carbocycles. The zero-order valence-electron chi connectivity index (χ0n) is 10.6. The predicted octanol–water partition coefficient (Wildman–Crippen LogP) is 2.04. The lowest BCUT2D eigenvalue weighted by molar-refractivity contribution is 0.599. The van der Waals surface area contributed by atoms with Crippen molar-refractivity contribution >= 4 is 38.3 Å². The van der Waals surface area contributed by atoms with Crippen LogP contribution in [-0.4, -0.2) is 32.0 Å². The molecule has 0 spiro atoms. The van der Waals surface area contributed by atoms with Crippen LogP contribution in [0.5, 0.6) is 0 Å². The quantitative estimate of drug-likeness (QED) is 0.718. The summed E-state index contributed by atoms with van der Waals surface area (Å²) in [7, 11) is -3.64. The number of aryl methyl sites for hydroxylation is 1. The monoisotopic (exact) mass is 309 g/mol. The standard InChI is InChI=1S/C10H19N3O2S3/c1-8-9(18(11,14)15)17-10(13-8)12-6-4-3-5-7-16-2/h3-7H2,1-2H3,(H,12,13)(H2,11,14,15). The molecular formula is C10H19N3O2S3. The molecule has 1 heterocycles. The van der Waals surface area contributed by atoms with Gasteiger partial charge >= 0.3 is 0 Å². The number of rotatable bonds is 8. The molecule has 0 aliphatic carbocycles. The maximum Gasteiger partial charge on any atom is 0.249 e. The summed E-state index contributed by atoms with van der Waals surface area (Å²) in [6.45, 7) is 2.46. The van der Waals surface area contributed by atoms with Crippen molar-refractivity contribution in [1.29, 1.82) is 0 Å². The first kappa shape index (κ1) is 15.7. The number of thioether (sulfide) groups is 1. The number of anilines is 1. The van der Waals surface area contributed by atoms with Gasteiger partial charge in [-0.15, -0.1) is 0 Å². The zero-order chi connectivity index (χ0) is 13.6. The van der Waals surface area contributed by atoms with Crippen molar-refractivity contribution in [1.82, 2.24) is 4.98 Å². The van der Waals surface area contributed by atoms with Gasteiger partial charge in [0.1, 0.15) is 0 Å². The SMILES string of the molecule is CSCCCCCNc1nc(C)c(S(N)(=O)=O)s1. The number of nitrogens with two attached hydrogens (primary N) is 1. The highest BCUT2D eigenvalue weighted by molar-refractivity contribution is 7.98. The molecule has 5 nitrogen and oxygen atoms in total. The van der Waals surface area contributed by atoms with Gasteiger partial charge in [0.15, 0.2) is 9.34 Å². The summed E-state index contributed by atoms with van der Waals surface area (Å²) in [6.07, 6.45) is 5.54. The summed E-state index contributed by atoms with van der Waals surface area (Å²) < 4.78 is 22.6. The fourth-order valence-electron chi connectivity index (χ4n) is 1.47. The highest BCUT2D eigenvalue weighted by Crippen LogP contribution is 2.25. The van der Waals surface area contributed by atoms with Crippen LogP contribution in [0.2, 0.25) is 0 Å². The lowest BCUT2D eigenvalue weighted by Crippen LogP contribution is -2.11. The molecule has 0 atom stereocenters. The van der Waals surface area contributed by atoms with E-state index in [0.29, 0.717) is 10.8 Å². The van der Waals surface area contributed by atoms with Crippen LogP contribution >= 0.6 is 23.1 Å². The molecule has 1 aromatic heterocycles. The maximum absolute atomic E-state index is 11.2. The Kier molecular flexibility index (Phi) is 6.40. The number of hydrogen-bond acceptors (Lipinski definition) is 6. The van der Waals surface area contributed by atoms with E-state index in [1.54, 1.807) is 6.92 Å². The van der Waals surface area contributed by atoms with E-state index in [2.05, 4.69) is 16.6 Å². The van der Waals surface area contributed by atoms with E-state index in [9.17, 15) is 8.42 Å². The van der Waals surface area contributed by atoms with Gasteiger partial charge in [-0.25, -0.2) is 18.5 Å². The Labute approximate surface area is 117 Å². The lowest BCUT2D eigenvalue weighted by Gasteiger charge is -2.01. The first-order valence-corrected chi connectivity index (χ1v) is 9.44. The third-order valence-corrected chi connectivity index (χ3v) is 5.68. The minimum absolute atomic E-state index is 0.146. The summed E-state index contributed by atoms with van der Waals surface area (Å²) in [5.74, 6) is 1.19. The predicted molar refractivity (Wildman–Crippen MR) is 78.9 cm³/mol. The Hall–Kier alpha value is -0.310. The number of aromatic nitrogens is 1. The molecule has 0 fully saturated rings. The number of nitrogens with zero attached hydrogens (tertiary/aromatic N) is 1. The zero-order valence-corrected chi connectivity index (χ0v) is 13.1. The van der Waals surface area contributed by atoms with Gasteiger partial charge in [-0.3, -0.25) is 0 Å². The van der Waals surface area contributed by atoms with Gasteiger partial charge < -0.3 is 5.32 Å². The number of sulfonamides is 1. The molecule has 0 aliphatic rings. The van der Waals surface area contributed by atoms with Crippen molar-refractivity contribution in [2.45, 2.75) is 30.4 Å². The molecule has 3 N–H and O–H groups in total. The van der Waals surface area contributed by atoms with Crippen LogP contribution in [0, 0.1) is 6.92 Å². The minimum atomic E-state index is -3.64. The van der Waals surface area contributed by atoms with Gasteiger partial charge in [-0.2, -0.15) is 11.8 Å². The van der Waals surface area contributed by atoms with Crippen molar-refractivity contribution in [2.24, 2.45) is 5.14 Å². The summed E-state index contributed by atoms with van der Waals surface area (Å²) in [5, 5.41) is 8.85. The molecule has 18 heavy (non-hydrogen) atoms. The number of thiazole rings is 1. The maximum atomic E-state index is 11.2. The second-order valence-electron chi connectivity index (χ2n) is 3.92. The van der Waals surface area contributed by atoms with Gasteiger partial charge in [0, 0.05) is 6.54 Å². The van der Waals surface area contributed by atoms with Crippen molar-refractivity contribution < 1.29 is 8.42 Å². The van der Waals surface area contributed by atoms with Crippen LogP contribution in [-0.2, 0) is 10.0 Å². The second kappa shape index (κ2) is 7.32. The van der Waals surface area contributed by atoms with Crippen LogP contribution in [0.4, 0.5) is 5.13 Å². The highest BCUT2D eigenvalue weighted by atomic mass is 32.2. The summed E-state index contributed by atoms with van der Waals surface area (Å²) in [5.41, 5.74) is 0.465. The Morgan fingerprint density at radius 1 is 1.39 bits per heavy atom. The van der Waals surface area contributed by atoms with Crippen molar-refractivity contribution in [3.63, 3.8) is 0 Å². The van der Waals surface area contributed by atoms with Gasteiger partial charge in [-0.05, 0) is 31.8 Å². The van der Waals surface area contributed by atoms with E-state index in [4.69, 9.17) is 5.14 Å². The Morgan fingerprint density at radius 2 is 2.11 bits per heavy atom. The number of primary sulfonamides is 1. The van der Waals surface area contributed by atoms with Crippen LogP contribution in [0.25, 0.3) is 0 Å². The molecule has 8 heteroatoms. The highest BCUT2D eigenvalue weighted by Gasteiger charge is 2.17. The molecule has 1 aromatic rings. The molecule has 0 aliphatic heterocycles. The first-order chi connectivity index (χ1) is 8.45. The fourth-order valence-corrected chi connectivity index (χ4v) is 3.84. The first-order valence-electron chi connectivity index (χ1n) is 5.68. The molecule has 0 unspecified atom stereocenters. The molecule has 0 radical (unpaired) electrons. The lowest BCUT2D eigenvalue weighted by atomic mass is 10.2. The number of hydrogen-bond donors (Lipinski definition) is 2. The van der Waals surface area contributed by atoms with Crippen molar-refractivity contribution in [3.05, 3.63) is 5.69 Å². The number of unbranched alkanes of at least 4 members (excludes halogenated alkanes) is 2. The van der Waals surface area contributed by atoms with E-state index in [0.717, 1.165) is 24.3 Å². The normalized spacial score (nSPS) is 11.7. The van der Waals surface area contributed by atoms with E-state index in [-0.39, 0.29) is 4.21 Å². The van der Waals surface area contributed by atoms with Crippen LogP contribution in [0.15, 0.2) is 4.21 Å². The summed E-state index contributed by atoms with van der Waals surface area (Å²) >= 11 is 2.95. The summed E-state index contributed by atoms with van der Waals surface area (Å²) in [6, 6.07) is 0. The largest absolute Gasteiger partial charge is 0.361 e. The smallest absolute Gasteiger partial charge is 0.249 e. The second-order valence-corrected chi connectivity index (χ2v) is 7.66. The molecule has 0 amide bonds. The molecule has 104 valence electrons. The third-order valence-electron chi connectivity index (χ3n) is 2.31. The topological polar surface area (TPSA) is 85.1 Å². The van der Waals surface area contributed by atoms with E-state index in [1.165, 1.54) is 18.6 Å². The minimum Gasteiger partial charge on any atom is -0.361 e. The Morgan fingerprint density at radius 3 is 2.67 bits per heavy atom. The molecule has 0 saturated heterocycles. The van der Waals surface area contributed by atoms with Crippen LogP contribution in [0.3, 0.4) is 0 Å². The number of nitrogens with one attached hydrogen (secondary N) is 1. The average Bonchev–Trinajstić information content (AvgIpc) is 2.64. The van der Waals surface area contributed by atoms with Gasteiger partial charge in [-0.1, -0.05) is 17.8 Å². The molecule has 0 bridgehead atoms. The van der Waals surface area contributed by atoms with Crippen LogP contribution in [0.1, 0.15) is 25.0 Å². The van der Waals surface area contributed by atoms with Crippen molar-refractivity contribution in [3.8, 4) is 0 Å². The van der Waals surface area contributed by atoms with E-state index < -0.39 is 10.0 Å². The van der Waals surface area contributed by atoms with E-state index >= 15 is 0 Å². The molecule has 1 rings (SSSR count). The van der Waals surface area contributed by atoms with Gasteiger partial charge in [0.2, 0.25) is 10.0 Å². The average molecular weight is 309 g/mol. The Bertz CT molecular complexity index is 471. The Balaban J connectivity index is 2.40. The van der Waals surface area contributed by atoms with Gasteiger partial charge in [0.05, 0.1) is 5.69 Å².